The zero-order chi connectivity index (χ0) is 10.1. The molecule has 1 aliphatic rings. The van der Waals surface area contributed by atoms with Gasteiger partial charge in [0.25, 0.3) is 0 Å². The largest absolute Gasteiger partial charge is 0.289 e. The molecule has 2 rings (SSSR count). The third-order valence-corrected chi connectivity index (χ3v) is 3.07. The van der Waals surface area contributed by atoms with Crippen LogP contribution in [-0.2, 0) is 0 Å². The highest BCUT2D eigenvalue weighted by Gasteiger charge is 2.40. The van der Waals surface area contributed by atoms with Gasteiger partial charge < -0.3 is 0 Å². The molecule has 1 aromatic heterocycles. The minimum Gasteiger partial charge on any atom is -0.289 e. The van der Waals surface area contributed by atoms with E-state index in [-0.39, 0.29) is 0 Å². The molecule has 0 N–H and O–H groups in total. The van der Waals surface area contributed by atoms with Crippen LogP contribution in [0.3, 0.4) is 0 Å². The Morgan fingerprint density at radius 1 is 1.36 bits per heavy atom. The maximum absolute atomic E-state index is 4.39. The molecule has 1 aliphatic heterocycles. The molecule has 3 atom stereocenters. The highest BCUT2D eigenvalue weighted by atomic mass is 15.3. The third kappa shape index (κ3) is 1.80. The number of nitrogens with zero attached hydrogens (tertiary/aromatic N) is 2. The van der Waals surface area contributed by atoms with Crippen molar-refractivity contribution in [1.29, 1.82) is 0 Å². The predicted molar refractivity (Wildman–Crippen MR) is 58.0 cm³/mol. The normalized spacial score (nSPS) is 27.7. The second kappa shape index (κ2) is 3.70. The van der Waals surface area contributed by atoms with Gasteiger partial charge in [-0.3, -0.25) is 9.88 Å². The highest BCUT2D eigenvalue weighted by Crippen LogP contribution is 2.34. The average Bonchev–Trinajstić information content (AvgIpc) is 2.97. The minimum atomic E-state index is 0.476. The average molecular weight is 190 g/mol. The van der Waals surface area contributed by atoms with Crippen LogP contribution in [-0.4, -0.2) is 22.5 Å². The molecule has 0 aliphatic carbocycles. The second-order valence-electron chi connectivity index (χ2n) is 4.44. The van der Waals surface area contributed by atoms with E-state index < -0.39 is 0 Å². The Balaban J connectivity index is 2.01. The van der Waals surface area contributed by atoms with Crippen molar-refractivity contribution in [2.75, 3.05) is 6.54 Å². The molecule has 1 fully saturated rings. The van der Waals surface area contributed by atoms with Gasteiger partial charge >= 0.3 is 0 Å². The maximum Gasteiger partial charge on any atom is 0.0572 e. The molecule has 14 heavy (non-hydrogen) atoms. The summed E-state index contributed by atoms with van der Waals surface area (Å²) < 4.78 is 0. The summed E-state index contributed by atoms with van der Waals surface area (Å²) in [7, 11) is 0. The van der Waals surface area contributed by atoms with Crippen molar-refractivity contribution in [2.24, 2.45) is 5.92 Å². The molecule has 0 saturated carbocycles. The summed E-state index contributed by atoms with van der Waals surface area (Å²) in [5, 5.41) is 0. The Morgan fingerprint density at radius 3 is 2.64 bits per heavy atom. The smallest absolute Gasteiger partial charge is 0.0572 e. The summed E-state index contributed by atoms with van der Waals surface area (Å²) >= 11 is 0. The number of hydrogen-bond acceptors (Lipinski definition) is 2. The monoisotopic (exact) mass is 190 g/mol. The number of pyridine rings is 1. The molecule has 0 amide bonds. The first-order chi connectivity index (χ1) is 6.70. The second-order valence-corrected chi connectivity index (χ2v) is 4.44. The Morgan fingerprint density at radius 2 is 2.14 bits per heavy atom. The van der Waals surface area contributed by atoms with Crippen molar-refractivity contribution < 1.29 is 0 Å². The van der Waals surface area contributed by atoms with E-state index in [4.69, 9.17) is 0 Å². The van der Waals surface area contributed by atoms with Gasteiger partial charge in [0.05, 0.1) is 5.69 Å². The van der Waals surface area contributed by atoms with Crippen LogP contribution in [0.4, 0.5) is 0 Å². The Bertz CT molecular complexity index is 294. The number of rotatable bonds is 3. The molecule has 1 saturated heterocycles. The van der Waals surface area contributed by atoms with E-state index in [9.17, 15) is 0 Å². The maximum atomic E-state index is 4.39. The number of hydrogen-bond donors (Lipinski definition) is 0. The van der Waals surface area contributed by atoms with Crippen molar-refractivity contribution >= 4 is 0 Å². The molecule has 2 heterocycles. The van der Waals surface area contributed by atoms with Gasteiger partial charge in [0.15, 0.2) is 0 Å². The van der Waals surface area contributed by atoms with E-state index in [1.807, 2.05) is 12.3 Å². The lowest BCUT2D eigenvalue weighted by Crippen LogP contribution is -2.12. The van der Waals surface area contributed by atoms with E-state index in [1.165, 1.54) is 12.2 Å². The summed E-state index contributed by atoms with van der Waals surface area (Å²) in [6.45, 7) is 8.05. The van der Waals surface area contributed by atoms with Gasteiger partial charge in [-0.2, -0.15) is 0 Å². The zero-order valence-electron chi connectivity index (χ0n) is 9.14. The molecule has 0 radical (unpaired) electrons. The Kier molecular flexibility index (Phi) is 2.55. The molecule has 1 aromatic rings. The van der Waals surface area contributed by atoms with Gasteiger partial charge in [0.1, 0.15) is 0 Å². The first kappa shape index (κ1) is 9.66. The van der Waals surface area contributed by atoms with Gasteiger partial charge in [-0.05, 0) is 25.0 Å². The van der Waals surface area contributed by atoms with Gasteiger partial charge in [-0.1, -0.05) is 19.9 Å². The zero-order valence-corrected chi connectivity index (χ0v) is 9.14. The van der Waals surface area contributed by atoms with Gasteiger partial charge in [0, 0.05) is 24.8 Å². The van der Waals surface area contributed by atoms with E-state index in [2.05, 4.69) is 42.8 Å². The summed E-state index contributed by atoms with van der Waals surface area (Å²) in [5.74, 6) is 0.765. The van der Waals surface area contributed by atoms with Crippen molar-refractivity contribution in [3.8, 4) is 0 Å². The molecule has 76 valence electrons. The Labute approximate surface area is 86.0 Å². The summed E-state index contributed by atoms with van der Waals surface area (Å²) in [6.07, 6.45) is 1.87. The van der Waals surface area contributed by atoms with Crippen LogP contribution in [0.25, 0.3) is 0 Å². The lowest BCUT2D eigenvalue weighted by Gasteiger charge is -2.14. The first-order valence-electron chi connectivity index (χ1n) is 5.37. The molecule has 0 bridgehead atoms. The molecular weight excluding hydrogens is 172 g/mol. The van der Waals surface area contributed by atoms with E-state index >= 15 is 0 Å². The minimum absolute atomic E-state index is 0.476. The predicted octanol–water partition coefficient (Wildman–Crippen LogP) is 2.48. The van der Waals surface area contributed by atoms with Gasteiger partial charge in [-0.25, -0.2) is 0 Å². The molecule has 2 nitrogen and oxygen atoms in total. The summed E-state index contributed by atoms with van der Waals surface area (Å²) in [5.41, 5.74) is 1.19. The van der Waals surface area contributed by atoms with Crippen LogP contribution < -0.4 is 0 Å². The quantitative estimate of drug-likeness (QED) is 0.681. The SMILES string of the molecule is CC(C)[C@H]1CN1[C@@H](C)c1ccccn1. The lowest BCUT2D eigenvalue weighted by atomic mass is 10.1. The summed E-state index contributed by atoms with van der Waals surface area (Å²) in [4.78, 5) is 6.90. The van der Waals surface area contributed by atoms with Crippen LogP contribution in [0.2, 0.25) is 0 Å². The van der Waals surface area contributed by atoms with Crippen molar-refractivity contribution in [1.82, 2.24) is 9.88 Å². The molecule has 0 spiro atoms. The van der Waals surface area contributed by atoms with E-state index in [0.29, 0.717) is 6.04 Å². The fourth-order valence-electron chi connectivity index (χ4n) is 2.00. The molecule has 1 unspecified atom stereocenters. The van der Waals surface area contributed by atoms with Crippen molar-refractivity contribution in [3.63, 3.8) is 0 Å². The van der Waals surface area contributed by atoms with Crippen LogP contribution in [0.5, 0.6) is 0 Å². The highest BCUT2D eigenvalue weighted by molar-refractivity contribution is 5.11. The first-order valence-corrected chi connectivity index (χ1v) is 5.37. The van der Waals surface area contributed by atoms with Crippen LogP contribution in [0.15, 0.2) is 24.4 Å². The van der Waals surface area contributed by atoms with Gasteiger partial charge in [0.2, 0.25) is 0 Å². The lowest BCUT2D eigenvalue weighted by molar-refractivity contribution is 0.364. The van der Waals surface area contributed by atoms with Crippen LogP contribution in [0, 0.1) is 5.92 Å². The Hall–Kier alpha value is -0.890. The topological polar surface area (TPSA) is 15.9 Å². The number of aromatic nitrogens is 1. The van der Waals surface area contributed by atoms with E-state index in [1.54, 1.807) is 0 Å². The van der Waals surface area contributed by atoms with Crippen LogP contribution in [0.1, 0.15) is 32.5 Å². The van der Waals surface area contributed by atoms with Gasteiger partial charge in [-0.15, -0.1) is 0 Å². The molecule has 2 heteroatoms. The van der Waals surface area contributed by atoms with Crippen LogP contribution >= 0.6 is 0 Å². The van der Waals surface area contributed by atoms with Crippen molar-refractivity contribution in [2.45, 2.75) is 32.9 Å². The molecular formula is C12H18N2. The third-order valence-electron chi connectivity index (χ3n) is 3.07. The molecule has 0 aromatic carbocycles. The van der Waals surface area contributed by atoms with Crippen molar-refractivity contribution in [3.05, 3.63) is 30.1 Å². The fraction of sp³-hybridized carbons (Fsp3) is 0.583. The standard InChI is InChI=1S/C12H18N2/c1-9(2)12-8-14(12)10(3)11-6-4-5-7-13-11/h4-7,9-10,12H,8H2,1-3H3/t10-,12+,14?/m0/s1. The summed E-state index contributed by atoms with van der Waals surface area (Å²) in [6, 6.07) is 7.39. The van der Waals surface area contributed by atoms with E-state index in [0.717, 1.165) is 12.0 Å². The fourth-order valence-corrected chi connectivity index (χ4v) is 2.00.